The zero-order valence-electron chi connectivity index (χ0n) is 13.1. The predicted octanol–water partition coefficient (Wildman–Crippen LogP) is 5.14. The molecule has 0 spiro atoms. The number of hydrogen-bond acceptors (Lipinski definition) is 1. The summed E-state index contributed by atoms with van der Waals surface area (Å²) < 4.78 is 1.16. The highest BCUT2D eigenvalue weighted by molar-refractivity contribution is 9.10. The van der Waals surface area contributed by atoms with E-state index >= 15 is 0 Å². The van der Waals surface area contributed by atoms with Gasteiger partial charge in [-0.3, -0.25) is 0 Å². The number of fused-ring (bicyclic) bond motifs is 3. The molecule has 2 aromatic carbocycles. The fourth-order valence-corrected chi connectivity index (χ4v) is 4.04. The van der Waals surface area contributed by atoms with Crippen molar-refractivity contribution in [3.63, 3.8) is 0 Å². The largest absolute Gasteiger partial charge is 0.357 e. The molecule has 2 nitrogen and oxygen atoms in total. The lowest BCUT2D eigenvalue weighted by molar-refractivity contribution is 0.456. The van der Waals surface area contributed by atoms with Crippen LogP contribution in [0.25, 0.3) is 10.9 Å². The van der Waals surface area contributed by atoms with Crippen LogP contribution < -0.4 is 5.32 Å². The molecule has 4 rings (SSSR count). The van der Waals surface area contributed by atoms with Gasteiger partial charge in [0, 0.05) is 27.1 Å². The van der Waals surface area contributed by atoms with Gasteiger partial charge in [0.15, 0.2) is 0 Å². The first-order chi connectivity index (χ1) is 11.3. The lowest BCUT2D eigenvalue weighted by Gasteiger charge is -2.24. The maximum atomic E-state index is 3.76. The number of aromatic nitrogens is 1. The SMILES string of the molecule is Brc1ccc2[nH]c3c(c2c1)CCC[C@@H]3NCCc1ccccc1. The van der Waals surface area contributed by atoms with Crippen molar-refractivity contribution in [1.29, 1.82) is 0 Å². The maximum Gasteiger partial charge on any atom is 0.0476 e. The lowest BCUT2D eigenvalue weighted by atomic mass is 9.91. The third-order valence-corrected chi connectivity index (χ3v) is 5.31. The lowest BCUT2D eigenvalue weighted by Crippen LogP contribution is -2.27. The second kappa shape index (κ2) is 6.50. The Hall–Kier alpha value is -1.58. The highest BCUT2D eigenvalue weighted by Crippen LogP contribution is 2.35. The second-order valence-corrected chi connectivity index (χ2v) is 7.26. The van der Waals surface area contributed by atoms with Crippen molar-refractivity contribution >= 4 is 26.8 Å². The van der Waals surface area contributed by atoms with E-state index < -0.39 is 0 Å². The van der Waals surface area contributed by atoms with E-state index in [2.05, 4.69) is 74.8 Å². The Bertz CT molecular complexity index is 807. The van der Waals surface area contributed by atoms with Gasteiger partial charge in [0.05, 0.1) is 0 Å². The van der Waals surface area contributed by atoms with Crippen LogP contribution in [0.2, 0.25) is 0 Å². The molecule has 1 aliphatic carbocycles. The zero-order chi connectivity index (χ0) is 15.6. The van der Waals surface area contributed by atoms with Gasteiger partial charge in [0.2, 0.25) is 0 Å². The Morgan fingerprint density at radius 1 is 1.13 bits per heavy atom. The number of halogens is 1. The van der Waals surface area contributed by atoms with E-state index in [1.54, 1.807) is 0 Å². The van der Waals surface area contributed by atoms with Crippen molar-refractivity contribution in [3.8, 4) is 0 Å². The molecule has 0 saturated heterocycles. The number of hydrogen-bond donors (Lipinski definition) is 2. The molecule has 3 aromatic rings. The van der Waals surface area contributed by atoms with E-state index in [-0.39, 0.29) is 0 Å². The third-order valence-electron chi connectivity index (χ3n) is 4.82. The summed E-state index contributed by atoms with van der Waals surface area (Å²) >= 11 is 3.60. The predicted molar refractivity (Wildman–Crippen MR) is 99.8 cm³/mol. The van der Waals surface area contributed by atoms with E-state index in [4.69, 9.17) is 0 Å². The van der Waals surface area contributed by atoms with Crippen molar-refractivity contribution in [2.24, 2.45) is 0 Å². The molecule has 0 saturated carbocycles. The summed E-state index contributed by atoms with van der Waals surface area (Å²) in [5.41, 5.74) is 5.56. The number of aromatic amines is 1. The summed E-state index contributed by atoms with van der Waals surface area (Å²) in [5.74, 6) is 0. The van der Waals surface area contributed by atoms with Crippen molar-refractivity contribution in [2.75, 3.05) is 6.54 Å². The molecule has 1 atom stereocenters. The van der Waals surface area contributed by atoms with Gasteiger partial charge >= 0.3 is 0 Å². The van der Waals surface area contributed by atoms with Crippen LogP contribution in [0.15, 0.2) is 53.0 Å². The van der Waals surface area contributed by atoms with Crippen LogP contribution >= 0.6 is 15.9 Å². The molecule has 0 fully saturated rings. The van der Waals surface area contributed by atoms with Crippen LogP contribution in [0.1, 0.15) is 35.7 Å². The molecule has 1 aliphatic rings. The van der Waals surface area contributed by atoms with E-state index in [1.807, 2.05) is 0 Å². The summed E-state index contributed by atoms with van der Waals surface area (Å²) in [7, 11) is 0. The molecule has 2 N–H and O–H groups in total. The molecule has 0 radical (unpaired) electrons. The minimum atomic E-state index is 0.452. The standard InChI is InChI=1S/C20H21BrN2/c21-15-9-10-18-17(13-15)16-7-4-8-19(20(16)23-18)22-12-11-14-5-2-1-3-6-14/h1-3,5-6,9-10,13,19,22-23H,4,7-8,11-12H2/t19-/m0/s1. The van der Waals surface area contributed by atoms with Crippen LogP contribution in [0.5, 0.6) is 0 Å². The van der Waals surface area contributed by atoms with E-state index in [9.17, 15) is 0 Å². The second-order valence-electron chi connectivity index (χ2n) is 6.34. The van der Waals surface area contributed by atoms with Crippen molar-refractivity contribution in [3.05, 3.63) is 69.8 Å². The fourth-order valence-electron chi connectivity index (χ4n) is 3.67. The van der Waals surface area contributed by atoms with E-state index in [0.29, 0.717) is 6.04 Å². The molecular weight excluding hydrogens is 348 g/mol. The molecular formula is C20H21BrN2. The number of benzene rings is 2. The average Bonchev–Trinajstić information content (AvgIpc) is 2.95. The molecule has 3 heteroatoms. The van der Waals surface area contributed by atoms with E-state index in [0.717, 1.165) is 17.4 Å². The number of H-pyrrole nitrogens is 1. The Labute approximate surface area is 145 Å². The van der Waals surface area contributed by atoms with Gasteiger partial charge in [-0.15, -0.1) is 0 Å². The Kier molecular flexibility index (Phi) is 4.23. The quantitative estimate of drug-likeness (QED) is 0.655. The molecule has 1 aromatic heterocycles. The van der Waals surface area contributed by atoms with Crippen molar-refractivity contribution in [2.45, 2.75) is 31.7 Å². The third kappa shape index (κ3) is 3.08. The van der Waals surface area contributed by atoms with Gasteiger partial charge in [-0.2, -0.15) is 0 Å². The molecule has 0 aliphatic heterocycles. The van der Waals surface area contributed by atoms with Crippen molar-refractivity contribution < 1.29 is 0 Å². The molecule has 118 valence electrons. The Morgan fingerprint density at radius 3 is 2.87 bits per heavy atom. The van der Waals surface area contributed by atoms with Crippen LogP contribution in [-0.2, 0) is 12.8 Å². The van der Waals surface area contributed by atoms with Gasteiger partial charge in [0.25, 0.3) is 0 Å². The van der Waals surface area contributed by atoms with Crippen LogP contribution in [0.4, 0.5) is 0 Å². The number of rotatable bonds is 4. The Balaban J connectivity index is 1.52. The summed E-state index contributed by atoms with van der Waals surface area (Å²) in [6, 6.07) is 17.7. The monoisotopic (exact) mass is 368 g/mol. The molecule has 0 unspecified atom stereocenters. The minimum absolute atomic E-state index is 0.452. The summed E-state index contributed by atoms with van der Waals surface area (Å²) in [6.07, 6.45) is 4.74. The first kappa shape index (κ1) is 15.0. The molecule has 23 heavy (non-hydrogen) atoms. The van der Waals surface area contributed by atoms with Gasteiger partial charge < -0.3 is 10.3 Å². The molecule has 1 heterocycles. The Morgan fingerprint density at radius 2 is 2.00 bits per heavy atom. The topological polar surface area (TPSA) is 27.8 Å². The van der Waals surface area contributed by atoms with Crippen LogP contribution in [0.3, 0.4) is 0 Å². The van der Waals surface area contributed by atoms with Gasteiger partial charge in [-0.05, 0) is 61.6 Å². The normalized spacial score (nSPS) is 17.3. The first-order valence-electron chi connectivity index (χ1n) is 8.38. The summed E-state index contributed by atoms with van der Waals surface area (Å²) in [5, 5.41) is 5.14. The minimum Gasteiger partial charge on any atom is -0.357 e. The fraction of sp³-hybridized carbons (Fsp3) is 0.300. The van der Waals surface area contributed by atoms with Crippen molar-refractivity contribution in [1.82, 2.24) is 10.3 Å². The van der Waals surface area contributed by atoms with Gasteiger partial charge in [-0.1, -0.05) is 46.3 Å². The molecule has 0 amide bonds. The maximum absolute atomic E-state index is 3.76. The number of aryl methyl sites for hydroxylation is 1. The average molecular weight is 369 g/mol. The van der Waals surface area contributed by atoms with Gasteiger partial charge in [-0.25, -0.2) is 0 Å². The highest BCUT2D eigenvalue weighted by Gasteiger charge is 2.23. The summed E-state index contributed by atoms with van der Waals surface area (Å²) in [6.45, 7) is 1.02. The van der Waals surface area contributed by atoms with Crippen LogP contribution in [-0.4, -0.2) is 11.5 Å². The molecule has 0 bridgehead atoms. The van der Waals surface area contributed by atoms with Gasteiger partial charge in [0.1, 0.15) is 0 Å². The zero-order valence-corrected chi connectivity index (χ0v) is 14.7. The van der Waals surface area contributed by atoms with Crippen LogP contribution in [0, 0.1) is 0 Å². The summed E-state index contributed by atoms with van der Waals surface area (Å²) in [4.78, 5) is 3.66. The first-order valence-corrected chi connectivity index (χ1v) is 9.18. The van der Waals surface area contributed by atoms with E-state index in [1.165, 1.54) is 47.0 Å². The smallest absolute Gasteiger partial charge is 0.0476 e. The number of nitrogens with one attached hydrogen (secondary N) is 2. The highest BCUT2D eigenvalue weighted by atomic mass is 79.9.